The summed E-state index contributed by atoms with van der Waals surface area (Å²) in [5.41, 5.74) is 17.5. The Balaban J connectivity index is 0.997. The van der Waals surface area contributed by atoms with Crippen molar-refractivity contribution in [3.8, 4) is 89.8 Å². The molecule has 0 saturated heterocycles. The Hall–Kier alpha value is -8.47. The molecule has 4 nitrogen and oxygen atoms in total. The largest absolute Gasteiger partial charge is 0.456 e. The molecule has 2 aliphatic rings. The first-order chi connectivity index (χ1) is 32.2. The fraction of sp³-hybridized carbons (Fsp3) is 0.0328. The molecule has 0 bridgehead atoms. The van der Waals surface area contributed by atoms with E-state index in [-0.39, 0.29) is 5.92 Å². The van der Waals surface area contributed by atoms with Gasteiger partial charge in [0.15, 0.2) is 17.5 Å². The molecule has 4 heteroatoms. The van der Waals surface area contributed by atoms with Crippen LogP contribution in [0, 0.1) is 5.92 Å². The van der Waals surface area contributed by atoms with Crippen molar-refractivity contribution in [1.82, 2.24) is 15.0 Å². The minimum atomic E-state index is 0.275. The van der Waals surface area contributed by atoms with Crippen molar-refractivity contribution >= 4 is 17.0 Å². The molecule has 2 heterocycles. The van der Waals surface area contributed by atoms with Crippen molar-refractivity contribution in [2.45, 2.75) is 6.42 Å². The number of nitrogens with zero attached hydrogens (tertiary/aromatic N) is 3. The number of benzene rings is 8. The van der Waals surface area contributed by atoms with Gasteiger partial charge in [0.05, 0.1) is 0 Å². The summed E-state index contributed by atoms with van der Waals surface area (Å²) in [6.07, 6.45) is 11.8. The van der Waals surface area contributed by atoms with Crippen LogP contribution in [0.2, 0.25) is 0 Å². The average Bonchev–Trinajstić information content (AvgIpc) is 3.76. The molecule has 65 heavy (non-hydrogen) atoms. The van der Waals surface area contributed by atoms with Gasteiger partial charge in [-0.3, -0.25) is 0 Å². The highest BCUT2D eigenvalue weighted by molar-refractivity contribution is 6.05. The van der Waals surface area contributed by atoms with Gasteiger partial charge in [0, 0.05) is 39.1 Å². The van der Waals surface area contributed by atoms with Crippen LogP contribution in [0.1, 0.15) is 11.3 Å². The number of aromatic nitrogens is 3. The fourth-order valence-corrected chi connectivity index (χ4v) is 9.45. The van der Waals surface area contributed by atoms with E-state index < -0.39 is 0 Å². The highest BCUT2D eigenvalue weighted by atomic mass is 16.3. The molecule has 2 aliphatic carbocycles. The van der Waals surface area contributed by atoms with Crippen LogP contribution < -0.4 is 0 Å². The van der Waals surface area contributed by atoms with Crippen molar-refractivity contribution in [3.63, 3.8) is 0 Å². The van der Waals surface area contributed by atoms with E-state index in [0.29, 0.717) is 17.5 Å². The molecule has 10 aromatic rings. The molecule has 2 aromatic heterocycles. The predicted octanol–water partition coefficient (Wildman–Crippen LogP) is 15.6. The van der Waals surface area contributed by atoms with E-state index in [1.165, 1.54) is 33.4 Å². The highest BCUT2D eigenvalue weighted by Crippen LogP contribution is 2.45. The number of hydrogen-bond acceptors (Lipinski definition) is 4. The van der Waals surface area contributed by atoms with E-state index in [1.54, 1.807) is 0 Å². The van der Waals surface area contributed by atoms with E-state index in [2.05, 4.69) is 206 Å². The van der Waals surface area contributed by atoms with Gasteiger partial charge in [0.25, 0.3) is 0 Å². The molecular formula is C61H41N3O. The van der Waals surface area contributed by atoms with Gasteiger partial charge in [-0.25, -0.2) is 15.0 Å². The molecule has 12 rings (SSSR count). The maximum atomic E-state index is 6.87. The summed E-state index contributed by atoms with van der Waals surface area (Å²) in [5.74, 6) is 3.00. The zero-order chi connectivity index (χ0) is 43.1. The Bertz CT molecular complexity index is 3480. The fourth-order valence-electron chi connectivity index (χ4n) is 9.45. The lowest BCUT2D eigenvalue weighted by Crippen LogP contribution is -2.10. The third kappa shape index (κ3) is 7.21. The molecule has 0 radical (unpaired) electrons. The van der Waals surface area contributed by atoms with Crippen LogP contribution in [0.25, 0.3) is 107 Å². The van der Waals surface area contributed by atoms with E-state index in [1.807, 2.05) is 24.3 Å². The first kappa shape index (κ1) is 38.2. The third-order valence-corrected chi connectivity index (χ3v) is 12.7. The maximum Gasteiger partial charge on any atom is 0.164 e. The molecule has 0 fully saturated rings. The van der Waals surface area contributed by atoms with Gasteiger partial charge in [-0.2, -0.15) is 0 Å². The van der Waals surface area contributed by atoms with Crippen LogP contribution in [-0.4, -0.2) is 15.0 Å². The number of allylic oxidation sites excluding steroid dienone is 5. The van der Waals surface area contributed by atoms with Gasteiger partial charge >= 0.3 is 0 Å². The van der Waals surface area contributed by atoms with Crippen molar-refractivity contribution in [3.05, 3.63) is 241 Å². The third-order valence-electron chi connectivity index (χ3n) is 12.7. The lowest BCUT2D eigenvalue weighted by molar-refractivity contribution is 0.587. The molecule has 0 aliphatic heterocycles. The zero-order valence-electron chi connectivity index (χ0n) is 35.5. The molecule has 306 valence electrons. The summed E-state index contributed by atoms with van der Waals surface area (Å²) in [4.78, 5) is 15.7. The van der Waals surface area contributed by atoms with Crippen LogP contribution in [0.5, 0.6) is 0 Å². The number of hydrogen-bond donors (Lipinski definition) is 0. The minimum Gasteiger partial charge on any atom is -0.456 e. The number of furan rings is 1. The van der Waals surface area contributed by atoms with E-state index >= 15 is 0 Å². The summed E-state index contributed by atoms with van der Waals surface area (Å²) in [7, 11) is 0. The second kappa shape index (κ2) is 16.3. The SMILES string of the molecule is C1=CC2=Cc3oc4c(-c5ccccc5)ccc(-c5nc(-c6ccccc6)nc(-c6ccc(-c7cc(-c8ccccc8)cc(-c8ccccc8-c8ccccc8)c7)cc6)n5)c4c3CC2C=C1. The van der Waals surface area contributed by atoms with Crippen LogP contribution in [0.3, 0.4) is 0 Å². The Morgan fingerprint density at radius 1 is 0.385 bits per heavy atom. The quantitative estimate of drug-likeness (QED) is 0.153. The normalized spacial score (nSPS) is 13.9. The van der Waals surface area contributed by atoms with Gasteiger partial charge in [-0.1, -0.05) is 194 Å². The van der Waals surface area contributed by atoms with Crippen LogP contribution in [0.15, 0.2) is 234 Å². The van der Waals surface area contributed by atoms with Gasteiger partial charge in [0.2, 0.25) is 0 Å². The van der Waals surface area contributed by atoms with Crippen molar-refractivity contribution < 1.29 is 4.42 Å². The molecule has 1 atom stereocenters. The minimum absolute atomic E-state index is 0.275. The number of fused-ring (bicyclic) bond motifs is 4. The summed E-state index contributed by atoms with van der Waals surface area (Å²) < 4.78 is 6.87. The Labute approximate surface area is 378 Å². The van der Waals surface area contributed by atoms with E-state index in [4.69, 9.17) is 19.4 Å². The van der Waals surface area contributed by atoms with E-state index in [9.17, 15) is 0 Å². The first-order valence-corrected chi connectivity index (χ1v) is 22.2. The Morgan fingerprint density at radius 2 is 0.862 bits per heavy atom. The van der Waals surface area contributed by atoms with Crippen LogP contribution in [-0.2, 0) is 6.42 Å². The van der Waals surface area contributed by atoms with Gasteiger partial charge in [-0.05, 0) is 98.5 Å². The summed E-state index contributed by atoms with van der Waals surface area (Å²) in [6.45, 7) is 0. The molecule has 0 N–H and O–H groups in total. The van der Waals surface area contributed by atoms with Crippen LogP contribution >= 0.6 is 0 Å². The monoisotopic (exact) mass is 831 g/mol. The lowest BCUT2D eigenvalue weighted by Gasteiger charge is -2.21. The van der Waals surface area contributed by atoms with Crippen LogP contribution in [0.4, 0.5) is 0 Å². The zero-order valence-corrected chi connectivity index (χ0v) is 35.5. The Morgan fingerprint density at radius 3 is 1.51 bits per heavy atom. The topological polar surface area (TPSA) is 51.8 Å². The van der Waals surface area contributed by atoms with Crippen molar-refractivity contribution in [1.29, 1.82) is 0 Å². The van der Waals surface area contributed by atoms with Crippen molar-refractivity contribution in [2.75, 3.05) is 0 Å². The first-order valence-electron chi connectivity index (χ1n) is 22.2. The molecule has 0 amide bonds. The molecule has 0 saturated carbocycles. The molecular weight excluding hydrogens is 791 g/mol. The molecule has 8 aromatic carbocycles. The second-order valence-corrected chi connectivity index (χ2v) is 16.7. The maximum absolute atomic E-state index is 6.87. The molecule has 1 unspecified atom stereocenters. The van der Waals surface area contributed by atoms with Crippen molar-refractivity contribution in [2.24, 2.45) is 5.92 Å². The smallest absolute Gasteiger partial charge is 0.164 e. The Kier molecular flexibility index (Phi) is 9.61. The predicted molar refractivity (Wildman–Crippen MR) is 267 cm³/mol. The van der Waals surface area contributed by atoms with Gasteiger partial charge < -0.3 is 4.42 Å². The number of rotatable bonds is 8. The van der Waals surface area contributed by atoms with E-state index in [0.717, 1.165) is 73.2 Å². The summed E-state index contributed by atoms with van der Waals surface area (Å²) in [6, 6.07) is 70.5. The van der Waals surface area contributed by atoms with Gasteiger partial charge in [-0.15, -0.1) is 0 Å². The molecule has 0 spiro atoms. The average molecular weight is 832 g/mol. The highest BCUT2D eigenvalue weighted by Gasteiger charge is 2.29. The second-order valence-electron chi connectivity index (χ2n) is 16.7. The van der Waals surface area contributed by atoms with Gasteiger partial charge in [0.1, 0.15) is 11.3 Å². The summed E-state index contributed by atoms with van der Waals surface area (Å²) >= 11 is 0. The summed E-state index contributed by atoms with van der Waals surface area (Å²) in [5, 5.41) is 1.05. The standard InChI is InChI=1S/C61H41N3O/c1-5-17-40(18-6-1)48-35-49(37-50(36-48)52-28-16-15-27-51(52)42-19-7-2-8-20-42)41-29-31-45(32-30-41)60-62-59(44-23-11-4-12-24-44)63-61(64-60)54-34-33-53(43-21-9-3-10-22-43)58-57(54)55-38-46-25-13-14-26-47(46)39-56(55)65-58/h1-37,39,46H,38H2. The lowest BCUT2D eigenvalue weighted by atomic mass is 9.82.